The molecule has 4 rings (SSSR count). The largest absolute Gasteiger partial charge is 0.497 e. The predicted molar refractivity (Wildman–Crippen MR) is 129 cm³/mol. The zero-order chi connectivity index (χ0) is 23.9. The second kappa shape index (κ2) is 10.4. The number of hydrogen-bond acceptors (Lipinski definition) is 6. The lowest BCUT2D eigenvalue weighted by Crippen LogP contribution is -2.18. The average molecular weight is 457 g/mol. The van der Waals surface area contributed by atoms with Gasteiger partial charge in [0.2, 0.25) is 17.6 Å². The van der Waals surface area contributed by atoms with Gasteiger partial charge in [0, 0.05) is 24.1 Å². The molecule has 0 spiro atoms. The monoisotopic (exact) mass is 456 g/mol. The predicted octanol–water partition coefficient (Wildman–Crippen LogP) is 4.88. The van der Waals surface area contributed by atoms with Gasteiger partial charge in [0.15, 0.2) is 0 Å². The van der Waals surface area contributed by atoms with Gasteiger partial charge in [0.1, 0.15) is 5.75 Å². The van der Waals surface area contributed by atoms with Crippen molar-refractivity contribution >= 4 is 23.2 Å². The third-order valence-electron chi connectivity index (χ3n) is 5.10. The van der Waals surface area contributed by atoms with Crippen molar-refractivity contribution in [3.05, 3.63) is 89.8 Å². The fourth-order valence-electron chi connectivity index (χ4n) is 3.36. The van der Waals surface area contributed by atoms with Crippen molar-refractivity contribution in [2.45, 2.75) is 19.8 Å². The number of nitrogens with zero attached hydrogens (tertiary/aromatic N) is 2. The SMILES string of the molecule is COc1ccc(-c2noc(CCC(=O)Nc3ccccc3C(=O)Nc3cccc(C)c3)n2)cc1. The Labute approximate surface area is 197 Å². The first-order chi connectivity index (χ1) is 16.5. The van der Waals surface area contributed by atoms with Gasteiger partial charge in [-0.05, 0) is 61.0 Å². The molecule has 1 heterocycles. The summed E-state index contributed by atoms with van der Waals surface area (Å²) in [4.78, 5) is 29.7. The maximum atomic E-state index is 12.8. The fourth-order valence-corrected chi connectivity index (χ4v) is 3.36. The third kappa shape index (κ3) is 5.66. The number of carbonyl (C=O) groups excluding carboxylic acids is 2. The first-order valence-electron chi connectivity index (χ1n) is 10.8. The van der Waals surface area contributed by atoms with Crippen LogP contribution in [-0.2, 0) is 11.2 Å². The zero-order valence-electron chi connectivity index (χ0n) is 18.9. The topological polar surface area (TPSA) is 106 Å². The van der Waals surface area contributed by atoms with E-state index < -0.39 is 0 Å². The Morgan fingerprint density at radius 3 is 2.53 bits per heavy atom. The minimum Gasteiger partial charge on any atom is -0.497 e. The van der Waals surface area contributed by atoms with Crippen molar-refractivity contribution in [3.8, 4) is 17.1 Å². The van der Waals surface area contributed by atoms with Crippen LogP contribution in [0.3, 0.4) is 0 Å². The number of para-hydroxylation sites is 1. The average Bonchev–Trinajstić information content (AvgIpc) is 3.32. The Bertz CT molecular complexity index is 1300. The molecular formula is C26H24N4O4. The lowest BCUT2D eigenvalue weighted by molar-refractivity contribution is -0.116. The number of aromatic nitrogens is 2. The van der Waals surface area contributed by atoms with Gasteiger partial charge in [-0.1, -0.05) is 29.4 Å². The molecule has 0 bridgehead atoms. The second-order valence-electron chi connectivity index (χ2n) is 7.66. The molecule has 0 aliphatic carbocycles. The summed E-state index contributed by atoms with van der Waals surface area (Å²) in [5.74, 6) is 0.960. The maximum absolute atomic E-state index is 12.8. The molecule has 0 fully saturated rings. The highest BCUT2D eigenvalue weighted by Gasteiger charge is 2.15. The summed E-state index contributed by atoms with van der Waals surface area (Å²) in [7, 11) is 1.60. The van der Waals surface area contributed by atoms with Crippen LogP contribution in [0.1, 0.15) is 28.2 Å². The second-order valence-corrected chi connectivity index (χ2v) is 7.66. The van der Waals surface area contributed by atoms with Gasteiger partial charge in [-0.3, -0.25) is 9.59 Å². The van der Waals surface area contributed by atoms with Crippen LogP contribution in [0.2, 0.25) is 0 Å². The Morgan fingerprint density at radius 2 is 1.76 bits per heavy atom. The van der Waals surface area contributed by atoms with Crippen molar-refractivity contribution in [1.82, 2.24) is 10.1 Å². The molecule has 0 atom stereocenters. The summed E-state index contributed by atoms with van der Waals surface area (Å²) in [5, 5.41) is 9.65. The van der Waals surface area contributed by atoms with Crippen LogP contribution in [0.25, 0.3) is 11.4 Å². The van der Waals surface area contributed by atoms with Crippen molar-refractivity contribution < 1.29 is 18.8 Å². The van der Waals surface area contributed by atoms with Gasteiger partial charge in [-0.25, -0.2) is 0 Å². The van der Waals surface area contributed by atoms with Crippen molar-refractivity contribution in [2.75, 3.05) is 17.7 Å². The van der Waals surface area contributed by atoms with Crippen LogP contribution in [0.5, 0.6) is 5.75 Å². The number of nitrogens with one attached hydrogen (secondary N) is 2. The van der Waals surface area contributed by atoms with E-state index in [2.05, 4.69) is 20.8 Å². The molecule has 0 unspecified atom stereocenters. The smallest absolute Gasteiger partial charge is 0.257 e. The summed E-state index contributed by atoms with van der Waals surface area (Å²) < 4.78 is 10.4. The molecule has 8 nitrogen and oxygen atoms in total. The number of aryl methyl sites for hydroxylation is 2. The molecule has 0 saturated carbocycles. The van der Waals surface area contributed by atoms with Crippen LogP contribution in [0, 0.1) is 6.92 Å². The van der Waals surface area contributed by atoms with Crippen LogP contribution in [0.4, 0.5) is 11.4 Å². The molecule has 0 radical (unpaired) electrons. The first-order valence-corrected chi connectivity index (χ1v) is 10.8. The molecule has 0 saturated heterocycles. The zero-order valence-corrected chi connectivity index (χ0v) is 18.9. The number of rotatable bonds is 8. The van der Waals surface area contributed by atoms with Crippen molar-refractivity contribution in [3.63, 3.8) is 0 Å². The van der Waals surface area contributed by atoms with Gasteiger partial charge >= 0.3 is 0 Å². The lowest BCUT2D eigenvalue weighted by atomic mass is 10.1. The van der Waals surface area contributed by atoms with E-state index in [0.717, 1.165) is 16.9 Å². The standard InChI is InChI=1S/C26H24N4O4/c1-17-6-5-7-19(16-17)27-26(32)21-8-3-4-9-22(21)28-23(31)14-15-24-29-25(30-34-24)18-10-12-20(33-2)13-11-18/h3-13,16H,14-15H2,1-2H3,(H,27,32)(H,28,31). The summed E-state index contributed by atoms with van der Waals surface area (Å²) in [5.41, 5.74) is 3.32. The maximum Gasteiger partial charge on any atom is 0.257 e. The van der Waals surface area contributed by atoms with Gasteiger partial charge in [-0.15, -0.1) is 0 Å². The van der Waals surface area contributed by atoms with Gasteiger partial charge in [0.25, 0.3) is 5.91 Å². The molecule has 2 amide bonds. The lowest BCUT2D eigenvalue weighted by Gasteiger charge is -2.11. The fraction of sp³-hybridized carbons (Fsp3) is 0.154. The highest BCUT2D eigenvalue weighted by atomic mass is 16.5. The molecule has 0 aliphatic rings. The normalized spacial score (nSPS) is 10.5. The quantitative estimate of drug-likeness (QED) is 0.392. The highest BCUT2D eigenvalue weighted by Crippen LogP contribution is 2.21. The van der Waals surface area contributed by atoms with E-state index >= 15 is 0 Å². The Balaban J connectivity index is 1.36. The Hall–Kier alpha value is -4.46. The molecule has 3 aromatic carbocycles. The summed E-state index contributed by atoms with van der Waals surface area (Å²) >= 11 is 0. The number of ether oxygens (including phenoxy) is 1. The van der Waals surface area contributed by atoms with Crippen LogP contribution in [0.15, 0.2) is 77.3 Å². The summed E-state index contributed by atoms with van der Waals surface area (Å²) in [6.45, 7) is 1.95. The minimum atomic E-state index is -0.303. The Kier molecular flexibility index (Phi) is 6.98. The van der Waals surface area contributed by atoms with E-state index in [9.17, 15) is 9.59 Å². The van der Waals surface area contributed by atoms with Crippen LogP contribution >= 0.6 is 0 Å². The molecule has 8 heteroatoms. The van der Waals surface area contributed by atoms with E-state index in [1.54, 1.807) is 31.4 Å². The molecule has 34 heavy (non-hydrogen) atoms. The molecular weight excluding hydrogens is 432 g/mol. The Morgan fingerprint density at radius 1 is 0.971 bits per heavy atom. The molecule has 0 aliphatic heterocycles. The van der Waals surface area contributed by atoms with Gasteiger partial charge < -0.3 is 19.9 Å². The number of methoxy groups -OCH3 is 1. The molecule has 2 N–H and O–H groups in total. The van der Waals surface area contributed by atoms with E-state index in [1.807, 2.05) is 55.5 Å². The highest BCUT2D eigenvalue weighted by molar-refractivity contribution is 6.10. The van der Waals surface area contributed by atoms with E-state index in [-0.39, 0.29) is 24.7 Å². The van der Waals surface area contributed by atoms with E-state index in [0.29, 0.717) is 28.7 Å². The molecule has 1 aromatic heterocycles. The molecule has 4 aromatic rings. The number of amides is 2. The van der Waals surface area contributed by atoms with Crippen LogP contribution < -0.4 is 15.4 Å². The minimum absolute atomic E-state index is 0.123. The number of anilines is 2. The third-order valence-corrected chi connectivity index (χ3v) is 5.10. The number of benzene rings is 3. The van der Waals surface area contributed by atoms with E-state index in [1.165, 1.54) is 0 Å². The van der Waals surface area contributed by atoms with Crippen LogP contribution in [-0.4, -0.2) is 29.1 Å². The number of carbonyl (C=O) groups is 2. The van der Waals surface area contributed by atoms with Gasteiger partial charge in [-0.2, -0.15) is 4.98 Å². The van der Waals surface area contributed by atoms with E-state index in [4.69, 9.17) is 9.26 Å². The van der Waals surface area contributed by atoms with Gasteiger partial charge in [0.05, 0.1) is 18.4 Å². The first kappa shape index (κ1) is 22.7. The van der Waals surface area contributed by atoms with Crippen molar-refractivity contribution in [2.24, 2.45) is 0 Å². The van der Waals surface area contributed by atoms with Crippen molar-refractivity contribution in [1.29, 1.82) is 0 Å². The summed E-state index contributed by atoms with van der Waals surface area (Å²) in [6, 6.07) is 21.7. The molecule has 172 valence electrons. The number of hydrogen-bond donors (Lipinski definition) is 2. The summed E-state index contributed by atoms with van der Waals surface area (Å²) in [6.07, 6.45) is 0.394.